The van der Waals surface area contributed by atoms with E-state index in [2.05, 4.69) is 57.5 Å². The third-order valence-corrected chi connectivity index (χ3v) is 10.1. The summed E-state index contributed by atoms with van der Waals surface area (Å²) in [6.07, 6.45) is 9.40. The average molecular weight is 504 g/mol. The van der Waals surface area contributed by atoms with Gasteiger partial charge in [-0.2, -0.15) is 0 Å². The summed E-state index contributed by atoms with van der Waals surface area (Å²) in [4.78, 5) is 39.4. The summed E-state index contributed by atoms with van der Waals surface area (Å²) in [5.41, 5.74) is 0. The molecule has 3 N–H and O–H groups in total. The zero-order valence-electron chi connectivity index (χ0n) is 23.8. The standard InChI is InChI=1S/C30H53N3O3/c1-18-7-10-25(13-21(18)4)31-28(34)16-24(30(36)33-27-12-9-20(3)23(6)15-27)17-29(35)32-26-11-8-19(2)22(5)14-26/h18-27H,7-17H2,1-6H3,(H,31,34)(H,32,35)(H,33,36). The molecule has 3 saturated carbocycles. The van der Waals surface area contributed by atoms with Crippen LogP contribution in [0.3, 0.4) is 0 Å². The molecule has 0 heterocycles. The van der Waals surface area contributed by atoms with Crippen molar-refractivity contribution in [3.05, 3.63) is 0 Å². The van der Waals surface area contributed by atoms with Crippen LogP contribution in [0.4, 0.5) is 0 Å². The van der Waals surface area contributed by atoms with E-state index in [1.807, 2.05) is 0 Å². The van der Waals surface area contributed by atoms with Gasteiger partial charge in [-0.15, -0.1) is 0 Å². The molecule has 3 fully saturated rings. The van der Waals surface area contributed by atoms with Crippen LogP contribution in [-0.4, -0.2) is 35.8 Å². The van der Waals surface area contributed by atoms with Crippen molar-refractivity contribution in [3.8, 4) is 0 Å². The molecular formula is C30H53N3O3. The summed E-state index contributed by atoms with van der Waals surface area (Å²) in [7, 11) is 0. The number of rotatable bonds is 8. The second-order valence-electron chi connectivity index (χ2n) is 13.1. The Labute approximate surface area is 219 Å². The SMILES string of the molecule is CC1CCC(NC(=O)CC(CC(=O)NC2CCC(C)C(C)C2)C(=O)NC2CCC(C)C(C)C2)CC1C. The summed E-state index contributed by atoms with van der Waals surface area (Å²) in [6, 6.07) is 0.485. The van der Waals surface area contributed by atoms with E-state index in [0.29, 0.717) is 35.5 Å². The van der Waals surface area contributed by atoms with Crippen molar-refractivity contribution in [2.45, 2.75) is 130 Å². The van der Waals surface area contributed by atoms with Crippen LogP contribution in [-0.2, 0) is 14.4 Å². The maximum atomic E-state index is 13.4. The number of hydrogen-bond acceptors (Lipinski definition) is 3. The van der Waals surface area contributed by atoms with E-state index in [1.165, 1.54) is 0 Å². The van der Waals surface area contributed by atoms with Crippen LogP contribution in [0, 0.1) is 41.4 Å². The van der Waals surface area contributed by atoms with Gasteiger partial charge in [-0.25, -0.2) is 0 Å². The zero-order chi connectivity index (χ0) is 26.4. The van der Waals surface area contributed by atoms with Gasteiger partial charge in [0.05, 0.1) is 5.92 Å². The first-order valence-electron chi connectivity index (χ1n) is 14.9. The average Bonchev–Trinajstić information content (AvgIpc) is 2.80. The van der Waals surface area contributed by atoms with Crippen molar-refractivity contribution >= 4 is 17.7 Å². The van der Waals surface area contributed by atoms with Gasteiger partial charge in [0.25, 0.3) is 0 Å². The van der Waals surface area contributed by atoms with Gasteiger partial charge < -0.3 is 16.0 Å². The topological polar surface area (TPSA) is 87.3 Å². The normalized spacial score (nSPS) is 38.0. The lowest BCUT2D eigenvalue weighted by atomic mass is 9.78. The largest absolute Gasteiger partial charge is 0.353 e. The van der Waals surface area contributed by atoms with Crippen molar-refractivity contribution in [2.75, 3.05) is 0 Å². The number of carbonyl (C=O) groups is 3. The van der Waals surface area contributed by atoms with E-state index in [1.54, 1.807) is 0 Å². The molecule has 3 rings (SSSR count). The number of amides is 3. The summed E-state index contributed by atoms with van der Waals surface area (Å²) in [6.45, 7) is 13.6. The van der Waals surface area contributed by atoms with Crippen LogP contribution < -0.4 is 16.0 Å². The first-order valence-corrected chi connectivity index (χ1v) is 14.9. The summed E-state index contributed by atoms with van der Waals surface area (Å²) in [5, 5.41) is 9.59. The Morgan fingerprint density at radius 3 is 1.19 bits per heavy atom. The minimum Gasteiger partial charge on any atom is -0.353 e. The number of hydrogen-bond donors (Lipinski definition) is 3. The molecule has 3 amide bonds. The molecule has 0 aromatic carbocycles. The Bertz CT molecular complexity index is 714. The predicted molar refractivity (Wildman–Crippen MR) is 145 cm³/mol. The van der Waals surface area contributed by atoms with Crippen LogP contribution in [0.2, 0.25) is 0 Å². The third kappa shape index (κ3) is 8.48. The summed E-state index contributed by atoms with van der Waals surface area (Å²) >= 11 is 0. The predicted octanol–water partition coefficient (Wildman–Crippen LogP) is 5.21. The van der Waals surface area contributed by atoms with Gasteiger partial charge in [-0.3, -0.25) is 14.4 Å². The molecule has 206 valence electrons. The van der Waals surface area contributed by atoms with E-state index < -0.39 is 5.92 Å². The van der Waals surface area contributed by atoms with Crippen LogP contribution in [0.1, 0.15) is 112 Å². The molecular weight excluding hydrogens is 450 g/mol. The zero-order valence-corrected chi connectivity index (χ0v) is 23.8. The van der Waals surface area contributed by atoms with E-state index in [9.17, 15) is 14.4 Å². The molecule has 0 bridgehead atoms. The molecule has 3 aliphatic carbocycles. The fourth-order valence-electron chi connectivity index (χ4n) is 6.63. The first-order chi connectivity index (χ1) is 17.0. The fraction of sp³-hybridized carbons (Fsp3) is 0.900. The lowest BCUT2D eigenvalue weighted by molar-refractivity contribution is -0.134. The lowest BCUT2D eigenvalue weighted by Crippen LogP contribution is -2.47. The molecule has 36 heavy (non-hydrogen) atoms. The van der Waals surface area contributed by atoms with Crippen molar-refractivity contribution < 1.29 is 14.4 Å². The van der Waals surface area contributed by atoms with Crippen molar-refractivity contribution in [1.29, 1.82) is 0 Å². The quantitative estimate of drug-likeness (QED) is 0.425. The Morgan fingerprint density at radius 1 is 0.528 bits per heavy atom. The molecule has 0 aromatic heterocycles. The molecule has 6 nitrogen and oxygen atoms in total. The van der Waals surface area contributed by atoms with E-state index in [0.717, 1.165) is 57.8 Å². The summed E-state index contributed by atoms with van der Waals surface area (Å²) < 4.78 is 0. The highest BCUT2D eigenvalue weighted by Crippen LogP contribution is 2.31. The van der Waals surface area contributed by atoms with E-state index in [-0.39, 0.29) is 48.7 Å². The molecule has 0 aromatic rings. The van der Waals surface area contributed by atoms with Crippen LogP contribution in [0.5, 0.6) is 0 Å². The Hall–Kier alpha value is -1.59. The van der Waals surface area contributed by atoms with E-state index in [4.69, 9.17) is 0 Å². The molecule has 0 aliphatic heterocycles. The molecule has 0 radical (unpaired) electrons. The minimum absolute atomic E-state index is 0.0798. The van der Waals surface area contributed by atoms with Gasteiger partial charge in [0.1, 0.15) is 0 Å². The maximum absolute atomic E-state index is 13.4. The molecule has 6 heteroatoms. The van der Waals surface area contributed by atoms with Crippen LogP contribution in [0.25, 0.3) is 0 Å². The van der Waals surface area contributed by atoms with Crippen LogP contribution in [0.15, 0.2) is 0 Å². The highest BCUT2D eigenvalue weighted by molar-refractivity contribution is 5.90. The van der Waals surface area contributed by atoms with Gasteiger partial charge in [-0.05, 0) is 93.3 Å². The molecule has 3 aliphatic rings. The molecule has 0 spiro atoms. The molecule has 9 atom stereocenters. The maximum Gasteiger partial charge on any atom is 0.224 e. The van der Waals surface area contributed by atoms with E-state index >= 15 is 0 Å². The summed E-state index contributed by atoms with van der Waals surface area (Å²) in [5.74, 6) is 2.84. The van der Waals surface area contributed by atoms with Gasteiger partial charge >= 0.3 is 0 Å². The Kier molecular flexibility index (Phi) is 10.7. The Balaban J connectivity index is 1.58. The van der Waals surface area contributed by atoms with Gasteiger partial charge in [0, 0.05) is 31.0 Å². The third-order valence-electron chi connectivity index (χ3n) is 10.1. The monoisotopic (exact) mass is 503 g/mol. The number of nitrogens with one attached hydrogen (secondary N) is 3. The lowest BCUT2D eigenvalue weighted by Gasteiger charge is -2.34. The van der Waals surface area contributed by atoms with Gasteiger partial charge in [0.2, 0.25) is 17.7 Å². The van der Waals surface area contributed by atoms with Gasteiger partial charge in [0.15, 0.2) is 0 Å². The van der Waals surface area contributed by atoms with Crippen molar-refractivity contribution in [2.24, 2.45) is 41.4 Å². The van der Waals surface area contributed by atoms with Crippen molar-refractivity contribution in [1.82, 2.24) is 16.0 Å². The minimum atomic E-state index is -0.625. The van der Waals surface area contributed by atoms with Crippen LogP contribution >= 0.6 is 0 Å². The number of carbonyl (C=O) groups excluding carboxylic acids is 3. The molecule has 9 unspecified atom stereocenters. The second kappa shape index (κ2) is 13.3. The van der Waals surface area contributed by atoms with Gasteiger partial charge in [-0.1, -0.05) is 41.5 Å². The molecule has 0 saturated heterocycles. The van der Waals surface area contributed by atoms with Crippen molar-refractivity contribution in [3.63, 3.8) is 0 Å². The highest BCUT2D eigenvalue weighted by atomic mass is 16.2. The Morgan fingerprint density at radius 2 is 0.861 bits per heavy atom. The fourth-order valence-corrected chi connectivity index (χ4v) is 6.63. The first kappa shape index (κ1) is 29.0. The highest BCUT2D eigenvalue weighted by Gasteiger charge is 2.33. The second-order valence-corrected chi connectivity index (χ2v) is 13.1. The smallest absolute Gasteiger partial charge is 0.224 e.